The highest BCUT2D eigenvalue weighted by molar-refractivity contribution is 7.90. The van der Waals surface area contributed by atoms with Crippen LogP contribution in [0.1, 0.15) is 16.7 Å². The Kier molecular flexibility index (Phi) is 8.44. The second kappa shape index (κ2) is 9.81. The van der Waals surface area contributed by atoms with E-state index in [0.717, 1.165) is 13.0 Å². The van der Waals surface area contributed by atoms with Crippen molar-refractivity contribution >= 4 is 27.1 Å². The number of aryl methyl sites for hydroxylation is 1. The van der Waals surface area contributed by atoms with Crippen LogP contribution in [0.3, 0.4) is 0 Å². The number of aliphatic imine (C=N–C) groups is 1. The third-order valence-electron chi connectivity index (χ3n) is 2.86. The number of ether oxygens (including phenoxy) is 1. The van der Waals surface area contributed by atoms with Crippen LogP contribution in [0, 0.1) is 0 Å². The lowest BCUT2D eigenvalue weighted by molar-refractivity contribution is 0.154. The van der Waals surface area contributed by atoms with Gasteiger partial charge in [0.05, 0.1) is 25.5 Å². The lowest BCUT2D eigenvalue weighted by Crippen LogP contribution is -2.38. The van der Waals surface area contributed by atoms with Crippen LogP contribution in [-0.4, -0.2) is 53.2 Å². The fourth-order valence-electron chi connectivity index (χ4n) is 1.65. The van der Waals surface area contributed by atoms with Crippen molar-refractivity contribution in [2.45, 2.75) is 19.9 Å². The lowest BCUT2D eigenvalue weighted by atomic mass is 10.4. The number of guanidine groups is 1. The van der Waals surface area contributed by atoms with Crippen LogP contribution < -0.4 is 10.6 Å². The quantitative estimate of drug-likeness (QED) is 0.396. The topological polar surface area (TPSA) is 79.8 Å². The highest BCUT2D eigenvalue weighted by Gasteiger charge is 2.03. The summed E-state index contributed by atoms with van der Waals surface area (Å²) in [6, 6.07) is 4.27. The van der Waals surface area contributed by atoms with Crippen molar-refractivity contribution in [3.63, 3.8) is 0 Å². The number of nitrogens with one attached hydrogen (secondary N) is 2. The van der Waals surface area contributed by atoms with E-state index in [-0.39, 0.29) is 12.4 Å². The number of nitrogens with zero attached hydrogens (tertiary/aromatic N) is 1. The van der Waals surface area contributed by atoms with Crippen molar-refractivity contribution in [1.29, 1.82) is 0 Å². The Morgan fingerprint density at radius 2 is 2.00 bits per heavy atom. The predicted molar refractivity (Wildman–Crippen MR) is 92.4 cm³/mol. The largest absolute Gasteiger partial charge is 0.379 e. The SMILES string of the molecule is CCc1ccc(CNC(=NC)NCCOCCS(C)(=O)=O)s1. The molecule has 2 N–H and O–H groups in total. The Morgan fingerprint density at radius 3 is 2.59 bits per heavy atom. The van der Waals surface area contributed by atoms with Crippen molar-refractivity contribution in [3.8, 4) is 0 Å². The maximum atomic E-state index is 10.9. The van der Waals surface area contributed by atoms with Crippen LogP contribution >= 0.6 is 11.3 Å². The molecule has 8 heteroatoms. The van der Waals surface area contributed by atoms with E-state index in [2.05, 4.69) is 34.7 Å². The molecule has 0 amide bonds. The minimum absolute atomic E-state index is 0.0537. The minimum Gasteiger partial charge on any atom is -0.379 e. The summed E-state index contributed by atoms with van der Waals surface area (Å²) in [6.45, 7) is 4.12. The maximum absolute atomic E-state index is 10.9. The van der Waals surface area contributed by atoms with Crippen molar-refractivity contribution in [3.05, 3.63) is 21.9 Å². The summed E-state index contributed by atoms with van der Waals surface area (Å²) >= 11 is 1.80. The van der Waals surface area contributed by atoms with Gasteiger partial charge >= 0.3 is 0 Å². The zero-order chi connectivity index (χ0) is 16.4. The lowest BCUT2D eigenvalue weighted by Gasteiger charge is -2.11. The molecular weight excluding hydrogens is 322 g/mol. The number of sulfone groups is 1. The highest BCUT2D eigenvalue weighted by atomic mass is 32.2. The fraction of sp³-hybridized carbons (Fsp3) is 0.643. The molecule has 0 bridgehead atoms. The molecule has 0 aliphatic heterocycles. The number of hydrogen-bond donors (Lipinski definition) is 2. The first-order valence-corrected chi connectivity index (χ1v) is 10.1. The van der Waals surface area contributed by atoms with Crippen LogP contribution in [0.4, 0.5) is 0 Å². The smallest absolute Gasteiger partial charge is 0.191 e. The van der Waals surface area contributed by atoms with Gasteiger partial charge in [-0.3, -0.25) is 4.99 Å². The minimum atomic E-state index is -2.95. The van der Waals surface area contributed by atoms with Gasteiger partial charge in [-0.2, -0.15) is 0 Å². The molecule has 0 unspecified atom stereocenters. The molecule has 0 fully saturated rings. The van der Waals surface area contributed by atoms with Crippen LogP contribution in [0.5, 0.6) is 0 Å². The van der Waals surface area contributed by atoms with Crippen LogP contribution in [0.2, 0.25) is 0 Å². The second-order valence-corrected chi connectivity index (χ2v) is 8.33. The Bertz CT molecular complexity index is 568. The summed E-state index contributed by atoms with van der Waals surface area (Å²) in [6.07, 6.45) is 2.26. The van der Waals surface area contributed by atoms with E-state index in [9.17, 15) is 8.42 Å². The number of thiophene rings is 1. The van der Waals surface area contributed by atoms with Gasteiger partial charge in [-0.05, 0) is 18.6 Å². The Balaban J connectivity index is 2.17. The molecule has 0 saturated carbocycles. The third kappa shape index (κ3) is 8.35. The molecule has 22 heavy (non-hydrogen) atoms. The normalized spacial score (nSPS) is 12.4. The third-order valence-corrected chi connectivity index (χ3v) is 4.99. The van der Waals surface area contributed by atoms with Crippen molar-refractivity contribution in [2.75, 3.05) is 38.8 Å². The van der Waals surface area contributed by atoms with Crippen LogP contribution in [0.15, 0.2) is 17.1 Å². The summed E-state index contributed by atoms with van der Waals surface area (Å²) in [5.74, 6) is 0.760. The second-order valence-electron chi connectivity index (χ2n) is 4.82. The predicted octanol–water partition coefficient (Wildman–Crippen LogP) is 1.04. The average molecular weight is 348 g/mol. The summed E-state index contributed by atoms with van der Waals surface area (Å²) in [7, 11) is -1.24. The monoisotopic (exact) mass is 347 g/mol. The summed E-state index contributed by atoms with van der Waals surface area (Å²) in [4.78, 5) is 6.78. The summed E-state index contributed by atoms with van der Waals surface area (Å²) < 4.78 is 27.1. The number of hydrogen-bond acceptors (Lipinski definition) is 5. The summed E-state index contributed by atoms with van der Waals surface area (Å²) in [5, 5.41) is 6.36. The Morgan fingerprint density at radius 1 is 1.27 bits per heavy atom. The highest BCUT2D eigenvalue weighted by Crippen LogP contribution is 2.16. The molecule has 1 heterocycles. The van der Waals surface area contributed by atoms with Gasteiger partial charge in [0, 0.05) is 29.6 Å². The molecule has 0 radical (unpaired) electrons. The molecule has 6 nitrogen and oxygen atoms in total. The first-order chi connectivity index (χ1) is 10.4. The van der Waals surface area contributed by atoms with E-state index in [4.69, 9.17) is 4.74 Å². The molecule has 0 spiro atoms. The van der Waals surface area contributed by atoms with Gasteiger partial charge in [0.15, 0.2) is 5.96 Å². The number of rotatable bonds is 9. The molecule has 1 aromatic rings. The van der Waals surface area contributed by atoms with Gasteiger partial charge < -0.3 is 15.4 Å². The van der Waals surface area contributed by atoms with Crippen molar-refractivity contribution < 1.29 is 13.2 Å². The van der Waals surface area contributed by atoms with Crippen molar-refractivity contribution in [2.24, 2.45) is 4.99 Å². The van der Waals surface area contributed by atoms with E-state index < -0.39 is 9.84 Å². The zero-order valence-corrected chi connectivity index (χ0v) is 15.0. The van der Waals surface area contributed by atoms with Gasteiger partial charge in [0.2, 0.25) is 0 Å². The molecule has 0 aliphatic carbocycles. The standard InChI is InChI=1S/C14H25N3O3S2/c1-4-12-5-6-13(21-12)11-17-14(15-2)16-7-8-20-9-10-22(3,18)19/h5-6H,4,7-11H2,1-3H3,(H2,15,16,17). The van der Waals surface area contributed by atoms with Crippen LogP contribution in [-0.2, 0) is 27.5 Å². The van der Waals surface area contributed by atoms with E-state index in [1.165, 1.54) is 16.0 Å². The first kappa shape index (κ1) is 18.9. The van der Waals surface area contributed by atoms with Gasteiger partial charge in [-0.1, -0.05) is 6.92 Å². The molecule has 0 aliphatic rings. The first-order valence-electron chi connectivity index (χ1n) is 7.22. The Hall–Kier alpha value is -1.12. The van der Waals surface area contributed by atoms with E-state index >= 15 is 0 Å². The van der Waals surface area contributed by atoms with E-state index in [1.54, 1.807) is 18.4 Å². The maximum Gasteiger partial charge on any atom is 0.191 e. The van der Waals surface area contributed by atoms with E-state index in [0.29, 0.717) is 19.1 Å². The summed E-state index contributed by atoms with van der Waals surface area (Å²) in [5.41, 5.74) is 0. The molecule has 1 rings (SSSR count). The molecule has 0 atom stereocenters. The Labute approximate surface area is 136 Å². The molecule has 1 aromatic heterocycles. The molecule has 0 aromatic carbocycles. The average Bonchev–Trinajstić information content (AvgIpc) is 2.92. The van der Waals surface area contributed by atoms with E-state index in [1.807, 2.05) is 0 Å². The fourth-order valence-corrected chi connectivity index (χ4v) is 2.97. The van der Waals surface area contributed by atoms with Crippen LogP contribution in [0.25, 0.3) is 0 Å². The molecule has 0 saturated heterocycles. The van der Waals surface area contributed by atoms with Gasteiger partial charge in [0.1, 0.15) is 9.84 Å². The van der Waals surface area contributed by atoms with Gasteiger partial charge in [-0.15, -0.1) is 11.3 Å². The van der Waals surface area contributed by atoms with Gasteiger partial charge in [-0.25, -0.2) is 8.42 Å². The van der Waals surface area contributed by atoms with Crippen molar-refractivity contribution in [1.82, 2.24) is 10.6 Å². The zero-order valence-electron chi connectivity index (χ0n) is 13.4. The molecular formula is C14H25N3O3S2. The molecule has 126 valence electrons. The van der Waals surface area contributed by atoms with Gasteiger partial charge in [0.25, 0.3) is 0 Å².